The molecule has 0 aliphatic carbocycles. The van der Waals surface area contributed by atoms with Crippen molar-refractivity contribution < 1.29 is 13.3 Å². The van der Waals surface area contributed by atoms with E-state index in [1.807, 2.05) is 17.5 Å². The largest absolute Gasteiger partial charge is 0.367 e. The van der Waals surface area contributed by atoms with Gasteiger partial charge in [-0.25, -0.2) is 8.78 Å². The van der Waals surface area contributed by atoms with Crippen LogP contribution in [0.5, 0.6) is 0 Å². The summed E-state index contributed by atoms with van der Waals surface area (Å²) in [5, 5.41) is 5.64. The van der Waals surface area contributed by atoms with Gasteiger partial charge in [-0.15, -0.1) is 11.3 Å². The zero-order chi connectivity index (χ0) is 13.4. The molecule has 2 aromatic heterocycles. The van der Waals surface area contributed by atoms with Gasteiger partial charge < -0.3 is 10.3 Å². The Morgan fingerprint density at radius 2 is 2.05 bits per heavy atom. The maximum absolute atomic E-state index is 13.8. The van der Waals surface area contributed by atoms with Crippen LogP contribution in [0.1, 0.15) is 0 Å². The van der Waals surface area contributed by atoms with Crippen LogP contribution < -0.4 is 5.73 Å². The minimum atomic E-state index is -0.703. The van der Waals surface area contributed by atoms with Crippen molar-refractivity contribution >= 4 is 17.2 Å². The van der Waals surface area contributed by atoms with Crippen LogP contribution in [0.15, 0.2) is 40.2 Å². The molecule has 0 fully saturated rings. The van der Waals surface area contributed by atoms with Crippen LogP contribution in [0.3, 0.4) is 0 Å². The monoisotopic (exact) mass is 278 g/mol. The Kier molecular flexibility index (Phi) is 2.79. The zero-order valence-corrected chi connectivity index (χ0v) is 10.4. The molecule has 0 amide bonds. The number of hydrogen-bond acceptors (Lipinski definition) is 4. The van der Waals surface area contributed by atoms with Gasteiger partial charge in [0.1, 0.15) is 17.3 Å². The first-order valence-electron chi connectivity index (χ1n) is 5.41. The summed E-state index contributed by atoms with van der Waals surface area (Å²) in [5.74, 6) is -1.23. The molecule has 1 aromatic carbocycles. The zero-order valence-electron chi connectivity index (χ0n) is 9.56. The van der Waals surface area contributed by atoms with Gasteiger partial charge >= 0.3 is 0 Å². The van der Waals surface area contributed by atoms with E-state index in [0.29, 0.717) is 5.56 Å². The summed E-state index contributed by atoms with van der Waals surface area (Å²) in [5.41, 5.74) is 6.69. The van der Waals surface area contributed by atoms with Gasteiger partial charge in [0.15, 0.2) is 0 Å². The van der Waals surface area contributed by atoms with Crippen LogP contribution in [0, 0.1) is 11.6 Å². The number of aromatic nitrogens is 1. The van der Waals surface area contributed by atoms with E-state index in [9.17, 15) is 8.78 Å². The number of hydrogen-bond donors (Lipinski definition) is 1. The maximum atomic E-state index is 13.8. The minimum Gasteiger partial charge on any atom is -0.367 e. The van der Waals surface area contributed by atoms with Crippen LogP contribution in [0.2, 0.25) is 0 Å². The first-order chi connectivity index (χ1) is 9.16. The van der Waals surface area contributed by atoms with Crippen molar-refractivity contribution in [2.24, 2.45) is 0 Å². The van der Waals surface area contributed by atoms with Crippen molar-refractivity contribution in [2.45, 2.75) is 0 Å². The number of nitrogen functional groups attached to an aromatic ring is 1. The third kappa shape index (κ3) is 2.00. The minimum absolute atomic E-state index is 0.112. The number of thiophene rings is 1. The van der Waals surface area contributed by atoms with Gasteiger partial charge in [-0.2, -0.15) is 0 Å². The SMILES string of the molecule is Nc1onc(-c2ccc(F)cc2F)c1-c1cccs1. The summed E-state index contributed by atoms with van der Waals surface area (Å²) in [6, 6.07) is 6.97. The van der Waals surface area contributed by atoms with Crippen LogP contribution in [-0.2, 0) is 0 Å². The van der Waals surface area contributed by atoms with E-state index in [1.54, 1.807) is 0 Å². The summed E-state index contributed by atoms with van der Waals surface area (Å²) in [6.45, 7) is 0. The predicted molar refractivity (Wildman–Crippen MR) is 69.6 cm³/mol. The fraction of sp³-hybridized carbons (Fsp3) is 0. The third-order valence-corrected chi connectivity index (χ3v) is 3.56. The van der Waals surface area contributed by atoms with Crippen LogP contribution in [0.25, 0.3) is 21.7 Å². The quantitative estimate of drug-likeness (QED) is 0.772. The number of anilines is 1. The number of rotatable bonds is 2. The standard InChI is InChI=1S/C13H8F2N2OS/c14-7-3-4-8(9(15)6-7)12-11(13(16)18-17-12)10-2-1-5-19-10/h1-6H,16H2. The van der Waals surface area contributed by atoms with Crippen molar-refractivity contribution in [3.8, 4) is 21.7 Å². The predicted octanol–water partition coefficient (Wildman–Crippen LogP) is 3.93. The average molecular weight is 278 g/mol. The van der Waals surface area contributed by atoms with Crippen molar-refractivity contribution in [1.82, 2.24) is 5.16 Å². The van der Waals surface area contributed by atoms with Crippen molar-refractivity contribution in [3.05, 3.63) is 47.3 Å². The van der Waals surface area contributed by atoms with Gasteiger partial charge in [0, 0.05) is 16.5 Å². The van der Waals surface area contributed by atoms with Crippen LogP contribution >= 0.6 is 11.3 Å². The molecule has 0 atom stereocenters. The number of benzene rings is 1. The Balaban J connectivity index is 2.21. The molecule has 96 valence electrons. The Morgan fingerprint density at radius 1 is 1.21 bits per heavy atom. The second kappa shape index (κ2) is 4.47. The van der Waals surface area contributed by atoms with Crippen molar-refractivity contribution in [2.75, 3.05) is 5.73 Å². The van der Waals surface area contributed by atoms with Gasteiger partial charge in [-0.05, 0) is 23.6 Å². The lowest BCUT2D eigenvalue weighted by atomic mass is 10.1. The molecular weight excluding hydrogens is 270 g/mol. The summed E-state index contributed by atoms with van der Waals surface area (Å²) in [6.07, 6.45) is 0. The van der Waals surface area contributed by atoms with E-state index in [1.165, 1.54) is 23.5 Å². The Hall–Kier alpha value is -2.21. The molecule has 0 spiro atoms. The van der Waals surface area contributed by atoms with Crippen molar-refractivity contribution in [1.29, 1.82) is 0 Å². The van der Waals surface area contributed by atoms with Crippen LogP contribution in [0.4, 0.5) is 14.7 Å². The number of nitrogens with zero attached hydrogens (tertiary/aromatic N) is 1. The summed E-state index contributed by atoms with van der Waals surface area (Å²) in [4.78, 5) is 0.817. The van der Waals surface area contributed by atoms with Gasteiger partial charge in [-0.3, -0.25) is 0 Å². The maximum Gasteiger partial charge on any atom is 0.231 e. The molecule has 19 heavy (non-hydrogen) atoms. The van der Waals surface area contributed by atoms with Gasteiger partial charge in [0.25, 0.3) is 0 Å². The molecule has 0 unspecified atom stereocenters. The van der Waals surface area contributed by atoms with Gasteiger partial charge in [0.2, 0.25) is 5.88 Å². The molecule has 0 bridgehead atoms. The molecule has 0 radical (unpaired) electrons. The number of nitrogens with two attached hydrogens (primary N) is 1. The lowest BCUT2D eigenvalue weighted by molar-refractivity contribution is 0.439. The van der Waals surface area contributed by atoms with Gasteiger partial charge in [-0.1, -0.05) is 11.2 Å². The Labute approximate surface area is 111 Å². The first-order valence-corrected chi connectivity index (χ1v) is 6.29. The molecule has 2 heterocycles. The molecular formula is C13H8F2N2OS. The van der Waals surface area contributed by atoms with Crippen LogP contribution in [-0.4, -0.2) is 5.16 Å². The molecule has 3 nitrogen and oxygen atoms in total. The summed E-state index contributed by atoms with van der Waals surface area (Å²) < 4.78 is 31.7. The Morgan fingerprint density at radius 3 is 2.74 bits per heavy atom. The molecule has 2 N–H and O–H groups in total. The van der Waals surface area contributed by atoms with E-state index in [-0.39, 0.29) is 17.1 Å². The Bertz CT molecular complexity index is 722. The number of halogens is 2. The lowest BCUT2D eigenvalue weighted by Crippen LogP contribution is -1.89. The second-order valence-corrected chi connectivity index (χ2v) is 4.82. The average Bonchev–Trinajstić information content (AvgIpc) is 2.98. The van der Waals surface area contributed by atoms with E-state index < -0.39 is 11.6 Å². The smallest absolute Gasteiger partial charge is 0.231 e. The lowest BCUT2D eigenvalue weighted by Gasteiger charge is -2.02. The summed E-state index contributed by atoms with van der Waals surface area (Å²) in [7, 11) is 0. The van der Waals surface area contributed by atoms with Crippen molar-refractivity contribution in [3.63, 3.8) is 0 Å². The fourth-order valence-electron chi connectivity index (χ4n) is 1.83. The van der Waals surface area contributed by atoms with E-state index in [4.69, 9.17) is 10.3 Å². The highest BCUT2D eigenvalue weighted by atomic mass is 32.1. The fourth-order valence-corrected chi connectivity index (χ4v) is 2.60. The highest BCUT2D eigenvalue weighted by Crippen LogP contribution is 2.39. The summed E-state index contributed by atoms with van der Waals surface area (Å²) >= 11 is 1.44. The molecule has 0 aliphatic rings. The molecule has 3 aromatic rings. The topological polar surface area (TPSA) is 52.0 Å². The molecule has 0 saturated heterocycles. The van der Waals surface area contributed by atoms with E-state index >= 15 is 0 Å². The highest BCUT2D eigenvalue weighted by molar-refractivity contribution is 7.13. The van der Waals surface area contributed by atoms with E-state index in [0.717, 1.165) is 10.9 Å². The normalized spacial score (nSPS) is 10.8. The molecule has 0 saturated carbocycles. The van der Waals surface area contributed by atoms with E-state index in [2.05, 4.69) is 5.16 Å². The molecule has 0 aliphatic heterocycles. The first kappa shape index (κ1) is 11.9. The highest BCUT2D eigenvalue weighted by Gasteiger charge is 2.20. The third-order valence-electron chi connectivity index (χ3n) is 2.67. The molecule has 6 heteroatoms. The van der Waals surface area contributed by atoms with Gasteiger partial charge in [0.05, 0.1) is 5.56 Å². The molecule has 3 rings (SSSR count). The second-order valence-electron chi connectivity index (χ2n) is 3.87.